The summed E-state index contributed by atoms with van der Waals surface area (Å²) in [6.45, 7) is 4.07. The zero-order valence-electron chi connectivity index (χ0n) is 19.9. The van der Waals surface area contributed by atoms with Crippen molar-refractivity contribution in [3.05, 3.63) is 90.3 Å². The van der Waals surface area contributed by atoms with E-state index in [0.29, 0.717) is 16.7 Å². The summed E-state index contributed by atoms with van der Waals surface area (Å²) in [5.41, 5.74) is 5.31. The minimum absolute atomic E-state index is 0.0885. The van der Waals surface area contributed by atoms with E-state index in [9.17, 15) is 9.59 Å². The van der Waals surface area contributed by atoms with Gasteiger partial charge in [-0.25, -0.2) is 14.5 Å². The van der Waals surface area contributed by atoms with Crippen LogP contribution in [0.3, 0.4) is 0 Å². The number of anilines is 2. The number of aromatic nitrogens is 3. The number of hydrogen-bond acceptors (Lipinski definition) is 5. The Morgan fingerprint density at radius 3 is 2.56 bits per heavy atom. The van der Waals surface area contributed by atoms with Gasteiger partial charge in [0, 0.05) is 11.3 Å². The fourth-order valence-corrected chi connectivity index (χ4v) is 4.73. The number of benzene rings is 3. The van der Waals surface area contributed by atoms with Crippen LogP contribution in [0.15, 0.2) is 84.1 Å². The fraction of sp³-hybridized carbons (Fsp3) is 0.148. The summed E-state index contributed by atoms with van der Waals surface area (Å²) in [6.07, 6.45) is 2.45. The molecule has 8 nitrogen and oxygen atoms in total. The van der Waals surface area contributed by atoms with Crippen molar-refractivity contribution in [3.8, 4) is 17.1 Å². The number of aryl methyl sites for hydroxylation is 2. The first-order valence-corrected chi connectivity index (χ1v) is 12.5. The van der Waals surface area contributed by atoms with Crippen molar-refractivity contribution in [2.75, 3.05) is 16.0 Å². The van der Waals surface area contributed by atoms with Crippen LogP contribution in [0.2, 0.25) is 0 Å². The van der Waals surface area contributed by atoms with Crippen LogP contribution in [0.5, 0.6) is 0 Å². The molecule has 1 N–H and O–H groups in total. The first-order valence-electron chi connectivity index (χ1n) is 11.5. The average Bonchev–Trinajstić information content (AvgIpc) is 3.52. The number of nitrogens with zero attached hydrogens (tertiary/aromatic N) is 5. The van der Waals surface area contributed by atoms with Crippen molar-refractivity contribution in [2.45, 2.75) is 20.3 Å². The van der Waals surface area contributed by atoms with Gasteiger partial charge >= 0.3 is 6.03 Å². The Balaban J connectivity index is 1.29. The molecule has 3 amide bonds. The summed E-state index contributed by atoms with van der Waals surface area (Å²) >= 11 is 1.26. The standard InChI is InChI=1S/C27H24N6O2S/c1-3-19-6-4-5-7-23(19)33-24(34)16-36-27(33)30-26(35)29-21-12-10-20(11-13-21)25-28-17-32(31-25)22-14-8-18(2)9-15-22/h4-15,17H,3,16H2,1-2H3,(H,29,35). The quantitative estimate of drug-likeness (QED) is 0.395. The molecule has 3 aromatic carbocycles. The van der Waals surface area contributed by atoms with E-state index in [1.807, 2.05) is 74.5 Å². The second-order valence-corrected chi connectivity index (χ2v) is 9.19. The number of carbonyl (C=O) groups is 2. The van der Waals surface area contributed by atoms with Crippen LogP contribution in [0, 0.1) is 6.92 Å². The Bertz CT molecular complexity index is 1440. The Hall–Kier alpha value is -4.24. The number of para-hydroxylation sites is 1. The smallest absolute Gasteiger partial charge is 0.306 e. The molecule has 0 atom stereocenters. The molecular formula is C27H24N6O2S. The molecule has 1 fully saturated rings. The molecule has 0 spiro atoms. The monoisotopic (exact) mass is 496 g/mol. The lowest BCUT2D eigenvalue weighted by Gasteiger charge is -2.19. The van der Waals surface area contributed by atoms with E-state index in [1.165, 1.54) is 22.2 Å². The number of carbonyl (C=O) groups excluding carboxylic acids is 2. The Morgan fingerprint density at radius 2 is 1.81 bits per heavy atom. The summed E-state index contributed by atoms with van der Waals surface area (Å²) in [5.74, 6) is 0.746. The zero-order valence-corrected chi connectivity index (χ0v) is 20.7. The molecule has 1 aliphatic heterocycles. The maximum Gasteiger partial charge on any atom is 0.347 e. The predicted molar refractivity (Wildman–Crippen MR) is 144 cm³/mol. The zero-order chi connectivity index (χ0) is 25.1. The van der Waals surface area contributed by atoms with Gasteiger partial charge in [0.1, 0.15) is 6.33 Å². The van der Waals surface area contributed by atoms with E-state index in [4.69, 9.17) is 0 Å². The van der Waals surface area contributed by atoms with Crippen LogP contribution in [0.25, 0.3) is 17.1 Å². The summed E-state index contributed by atoms with van der Waals surface area (Å²) in [4.78, 5) is 35.3. The van der Waals surface area contributed by atoms with E-state index < -0.39 is 6.03 Å². The molecule has 180 valence electrons. The molecule has 1 aliphatic rings. The third-order valence-corrected chi connectivity index (χ3v) is 6.68. The van der Waals surface area contributed by atoms with Gasteiger partial charge in [0.25, 0.3) is 0 Å². The highest BCUT2D eigenvalue weighted by Crippen LogP contribution is 2.30. The van der Waals surface area contributed by atoms with Crippen LogP contribution >= 0.6 is 11.8 Å². The number of amidine groups is 1. The molecular weight excluding hydrogens is 472 g/mol. The number of amides is 3. The van der Waals surface area contributed by atoms with E-state index in [1.54, 1.807) is 23.1 Å². The molecule has 4 aromatic rings. The third kappa shape index (κ3) is 4.92. The van der Waals surface area contributed by atoms with Crippen molar-refractivity contribution in [1.82, 2.24) is 14.8 Å². The number of rotatable bonds is 5. The Morgan fingerprint density at radius 1 is 1.06 bits per heavy atom. The van der Waals surface area contributed by atoms with Gasteiger partial charge in [0.05, 0.1) is 17.1 Å². The minimum atomic E-state index is -0.541. The number of nitrogens with one attached hydrogen (secondary N) is 1. The number of aliphatic imine (C=N–C) groups is 1. The fourth-order valence-electron chi connectivity index (χ4n) is 3.87. The van der Waals surface area contributed by atoms with Crippen molar-refractivity contribution in [1.29, 1.82) is 0 Å². The highest BCUT2D eigenvalue weighted by Gasteiger charge is 2.31. The Kier molecular flexibility index (Phi) is 6.64. The van der Waals surface area contributed by atoms with E-state index >= 15 is 0 Å². The topological polar surface area (TPSA) is 92.5 Å². The average molecular weight is 497 g/mol. The van der Waals surface area contributed by atoms with Gasteiger partial charge in [0.15, 0.2) is 11.0 Å². The molecule has 1 saturated heterocycles. The third-order valence-electron chi connectivity index (χ3n) is 5.76. The SMILES string of the molecule is CCc1ccccc1N1C(=O)CSC1=NC(=O)Nc1ccc(-c2ncn(-c3ccc(C)cc3)n2)cc1. The van der Waals surface area contributed by atoms with E-state index in [2.05, 4.69) is 20.4 Å². The lowest BCUT2D eigenvalue weighted by Crippen LogP contribution is -2.31. The lowest BCUT2D eigenvalue weighted by atomic mass is 10.1. The van der Waals surface area contributed by atoms with Gasteiger partial charge in [-0.15, -0.1) is 5.10 Å². The van der Waals surface area contributed by atoms with Crippen molar-refractivity contribution in [2.24, 2.45) is 4.99 Å². The van der Waals surface area contributed by atoms with Crippen LogP contribution in [0.1, 0.15) is 18.1 Å². The molecule has 2 heterocycles. The number of thioether (sulfide) groups is 1. The number of urea groups is 1. The van der Waals surface area contributed by atoms with Gasteiger partial charge in [-0.1, -0.05) is 54.6 Å². The van der Waals surface area contributed by atoms with Crippen LogP contribution < -0.4 is 10.2 Å². The molecule has 9 heteroatoms. The van der Waals surface area contributed by atoms with Crippen molar-refractivity contribution >= 4 is 40.2 Å². The van der Waals surface area contributed by atoms with E-state index in [0.717, 1.165) is 28.9 Å². The van der Waals surface area contributed by atoms with Crippen LogP contribution in [-0.2, 0) is 11.2 Å². The predicted octanol–water partition coefficient (Wildman–Crippen LogP) is 5.47. The van der Waals surface area contributed by atoms with E-state index in [-0.39, 0.29) is 11.7 Å². The second-order valence-electron chi connectivity index (χ2n) is 8.25. The molecule has 0 aliphatic carbocycles. The van der Waals surface area contributed by atoms with Gasteiger partial charge < -0.3 is 5.32 Å². The van der Waals surface area contributed by atoms with Crippen molar-refractivity contribution in [3.63, 3.8) is 0 Å². The highest BCUT2D eigenvalue weighted by molar-refractivity contribution is 8.15. The Labute approximate surface area is 213 Å². The molecule has 0 unspecified atom stereocenters. The maximum atomic E-state index is 12.7. The first-order chi connectivity index (χ1) is 17.5. The molecule has 5 rings (SSSR count). The number of hydrogen-bond donors (Lipinski definition) is 1. The first kappa shape index (κ1) is 23.5. The molecule has 36 heavy (non-hydrogen) atoms. The maximum absolute atomic E-state index is 12.7. The van der Waals surface area contributed by atoms with Crippen molar-refractivity contribution < 1.29 is 9.59 Å². The highest BCUT2D eigenvalue weighted by atomic mass is 32.2. The molecule has 0 bridgehead atoms. The summed E-state index contributed by atoms with van der Waals surface area (Å²) in [5, 5.41) is 7.71. The minimum Gasteiger partial charge on any atom is -0.306 e. The van der Waals surface area contributed by atoms with Gasteiger partial charge in [0.2, 0.25) is 5.91 Å². The lowest BCUT2D eigenvalue weighted by molar-refractivity contribution is -0.115. The second kappa shape index (κ2) is 10.2. The summed E-state index contributed by atoms with van der Waals surface area (Å²) in [6, 6.07) is 22.4. The van der Waals surface area contributed by atoms with Gasteiger partial charge in [-0.05, 0) is 61.4 Å². The molecule has 1 aromatic heterocycles. The summed E-state index contributed by atoms with van der Waals surface area (Å²) < 4.78 is 1.73. The van der Waals surface area contributed by atoms with Gasteiger partial charge in [-0.2, -0.15) is 4.99 Å². The molecule has 0 saturated carbocycles. The molecule has 0 radical (unpaired) electrons. The van der Waals surface area contributed by atoms with Gasteiger partial charge in [-0.3, -0.25) is 9.69 Å². The largest absolute Gasteiger partial charge is 0.347 e. The van der Waals surface area contributed by atoms with Crippen LogP contribution in [-0.4, -0.2) is 37.6 Å². The normalized spacial score (nSPS) is 14.4. The van der Waals surface area contributed by atoms with Crippen LogP contribution in [0.4, 0.5) is 16.2 Å². The summed E-state index contributed by atoms with van der Waals surface area (Å²) in [7, 11) is 0.